The van der Waals surface area contributed by atoms with Gasteiger partial charge in [-0.05, 0) is 6.07 Å². The van der Waals surface area contributed by atoms with Crippen LogP contribution in [0.25, 0.3) is 17.0 Å². The van der Waals surface area contributed by atoms with E-state index in [2.05, 4.69) is 15.1 Å². The van der Waals surface area contributed by atoms with Crippen molar-refractivity contribution in [2.45, 2.75) is 6.18 Å². The first-order valence-electron chi connectivity index (χ1n) is 6.00. The highest BCUT2D eigenvalue weighted by molar-refractivity contribution is 5.87. The number of alkyl halides is 3. The summed E-state index contributed by atoms with van der Waals surface area (Å²) >= 11 is 0. The van der Waals surface area contributed by atoms with E-state index in [-0.39, 0.29) is 5.69 Å². The van der Waals surface area contributed by atoms with Crippen molar-refractivity contribution in [3.63, 3.8) is 0 Å². The van der Waals surface area contributed by atoms with Crippen molar-refractivity contribution < 1.29 is 23.1 Å². The predicted octanol–water partition coefficient (Wildman–Crippen LogP) is 2.51. The number of hydrogen-bond acceptors (Lipinski definition) is 4. The summed E-state index contributed by atoms with van der Waals surface area (Å²) in [6.07, 6.45) is -4.78. The lowest BCUT2D eigenvalue weighted by atomic mass is 10.1. The van der Waals surface area contributed by atoms with Gasteiger partial charge in [0, 0.05) is 5.56 Å². The zero-order valence-corrected chi connectivity index (χ0v) is 10.7. The van der Waals surface area contributed by atoms with Crippen LogP contribution in [0.15, 0.2) is 36.4 Å². The molecule has 0 aliphatic heterocycles. The zero-order valence-electron chi connectivity index (χ0n) is 10.7. The monoisotopic (exact) mass is 308 g/mol. The number of rotatable bonds is 2. The van der Waals surface area contributed by atoms with Gasteiger partial charge in [-0.2, -0.15) is 22.7 Å². The molecule has 0 saturated carbocycles. The SMILES string of the molecule is O=C(O)c1cc(-c2ccccc2)nc2nc(C(F)(F)F)nn12. The third-order valence-electron chi connectivity index (χ3n) is 2.85. The molecule has 0 bridgehead atoms. The number of halogens is 3. The van der Waals surface area contributed by atoms with Gasteiger partial charge in [-0.3, -0.25) is 0 Å². The van der Waals surface area contributed by atoms with E-state index in [0.29, 0.717) is 10.1 Å². The van der Waals surface area contributed by atoms with Crippen molar-refractivity contribution in [1.82, 2.24) is 19.6 Å². The number of fused-ring (bicyclic) bond motifs is 1. The Bertz CT molecular complexity index is 859. The molecule has 0 amide bonds. The molecule has 1 aromatic carbocycles. The van der Waals surface area contributed by atoms with Gasteiger partial charge >= 0.3 is 12.1 Å². The largest absolute Gasteiger partial charge is 0.477 e. The molecule has 3 aromatic rings. The van der Waals surface area contributed by atoms with Crippen LogP contribution in [0.1, 0.15) is 16.3 Å². The number of benzene rings is 1. The molecule has 0 fully saturated rings. The Morgan fingerprint density at radius 3 is 2.41 bits per heavy atom. The molecule has 0 aliphatic carbocycles. The zero-order chi connectivity index (χ0) is 15.9. The standard InChI is InChI=1S/C13H7F3N4O2/c14-13(15,16)11-18-12-17-8(7-4-2-1-3-5-7)6-9(10(21)22)20(12)19-11/h1-6H,(H,21,22). The first kappa shape index (κ1) is 14.0. The van der Waals surface area contributed by atoms with Crippen molar-refractivity contribution in [2.24, 2.45) is 0 Å². The summed E-state index contributed by atoms with van der Waals surface area (Å²) in [5, 5.41) is 12.3. The molecule has 0 radical (unpaired) electrons. The van der Waals surface area contributed by atoms with Crippen LogP contribution in [0.5, 0.6) is 0 Å². The minimum atomic E-state index is -4.78. The Hall–Kier alpha value is -2.97. The Balaban J connectivity index is 2.28. The van der Waals surface area contributed by atoms with Crippen LogP contribution in [0.4, 0.5) is 13.2 Å². The van der Waals surface area contributed by atoms with Crippen molar-refractivity contribution in [3.8, 4) is 11.3 Å². The van der Waals surface area contributed by atoms with Gasteiger partial charge in [-0.15, -0.1) is 5.10 Å². The summed E-state index contributed by atoms with van der Waals surface area (Å²) in [6, 6.07) is 9.62. The molecule has 0 aliphatic rings. The third-order valence-corrected chi connectivity index (χ3v) is 2.85. The van der Waals surface area contributed by atoms with E-state index in [1.54, 1.807) is 30.3 Å². The maximum absolute atomic E-state index is 12.7. The fourth-order valence-electron chi connectivity index (χ4n) is 1.90. The number of aromatic carboxylic acids is 1. The van der Waals surface area contributed by atoms with Crippen molar-refractivity contribution >= 4 is 11.7 Å². The van der Waals surface area contributed by atoms with Crippen LogP contribution < -0.4 is 0 Å². The van der Waals surface area contributed by atoms with E-state index in [1.807, 2.05) is 0 Å². The molecule has 1 N–H and O–H groups in total. The van der Waals surface area contributed by atoms with Crippen LogP contribution in [0, 0.1) is 0 Å². The quantitative estimate of drug-likeness (QED) is 0.786. The summed E-state index contributed by atoms with van der Waals surface area (Å²) in [6.45, 7) is 0. The average molecular weight is 308 g/mol. The van der Waals surface area contributed by atoms with E-state index in [9.17, 15) is 18.0 Å². The minimum Gasteiger partial charge on any atom is -0.477 e. The Morgan fingerprint density at radius 1 is 1.14 bits per heavy atom. The normalized spacial score (nSPS) is 11.8. The number of aromatic nitrogens is 4. The van der Waals surface area contributed by atoms with Crippen LogP contribution in [-0.2, 0) is 6.18 Å². The molecule has 0 spiro atoms. The predicted molar refractivity (Wildman–Crippen MR) is 68.2 cm³/mol. The summed E-state index contributed by atoms with van der Waals surface area (Å²) < 4.78 is 38.6. The number of carboxylic acid groups (broad SMARTS) is 1. The molecule has 0 atom stereocenters. The number of nitrogens with zero attached hydrogens (tertiary/aromatic N) is 4. The summed E-state index contributed by atoms with van der Waals surface area (Å²) in [4.78, 5) is 18.5. The molecule has 0 unspecified atom stereocenters. The third kappa shape index (κ3) is 2.36. The second-order valence-corrected chi connectivity index (χ2v) is 4.34. The number of carbonyl (C=O) groups is 1. The summed E-state index contributed by atoms with van der Waals surface area (Å²) in [5.74, 6) is -3.29. The topological polar surface area (TPSA) is 80.4 Å². The molecule has 2 heterocycles. The summed E-state index contributed by atoms with van der Waals surface area (Å²) in [5.41, 5.74) is 0.308. The van der Waals surface area contributed by atoms with E-state index in [0.717, 1.165) is 6.07 Å². The highest BCUT2D eigenvalue weighted by Crippen LogP contribution is 2.27. The van der Waals surface area contributed by atoms with E-state index in [4.69, 9.17) is 5.11 Å². The van der Waals surface area contributed by atoms with Crippen molar-refractivity contribution in [3.05, 3.63) is 47.9 Å². The van der Waals surface area contributed by atoms with Gasteiger partial charge < -0.3 is 5.11 Å². The van der Waals surface area contributed by atoms with Crippen molar-refractivity contribution in [2.75, 3.05) is 0 Å². The highest BCUT2D eigenvalue weighted by atomic mass is 19.4. The van der Waals surface area contributed by atoms with Gasteiger partial charge in [0.15, 0.2) is 5.69 Å². The van der Waals surface area contributed by atoms with Gasteiger partial charge in [0.25, 0.3) is 11.6 Å². The Kier molecular flexibility index (Phi) is 3.05. The van der Waals surface area contributed by atoms with Gasteiger partial charge in [0.05, 0.1) is 5.69 Å². The lowest BCUT2D eigenvalue weighted by molar-refractivity contribution is -0.144. The number of hydrogen-bond donors (Lipinski definition) is 1. The molecule has 6 nitrogen and oxygen atoms in total. The van der Waals surface area contributed by atoms with Gasteiger partial charge in [0.1, 0.15) is 0 Å². The first-order valence-corrected chi connectivity index (χ1v) is 6.00. The molecule has 0 saturated heterocycles. The smallest absolute Gasteiger partial charge is 0.453 e. The van der Waals surface area contributed by atoms with E-state index in [1.165, 1.54) is 0 Å². The molecule has 3 rings (SSSR count). The molecule has 2 aromatic heterocycles. The second-order valence-electron chi connectivity index (χ2n) is 4.34. The minimum absolute atomic E-state index is 0.201. The van der Waals surface area contributed by atoms with Gasteiger partial charge in [-0.25, -0.2) is 9.78 Å². The summed E-state index contributed by atoms with van der Waals surface area (Å²) in [7, 11) is 0. The maximum Gasteiger partial charge on any atom is 0.453 e. The maximum atomic E-state index is 12.7. The number of carboxylic acids is 1. The fraction of sp³-hybridized carbons (Fsp3) is 0.0769. The van der Waals surface area contributed by atoms with E-state index >= 15 is 0 Å². The second kappa shape index (κ2) is 4.79. The first-order chi connectivity index (χ1) is 10.4. The lowest BCUT2D eigenvalue weighted by Crippen LogP contribution is -2.10. The molecule has 9 heteroatoms. The van der Waals surface area contributed by atoms with Crippen LogP contribution in [-0.4, -0.2) is 30.7 Å². The van der Waals surface area contributed by atoms with Gasteiger partial charge in [-0.1, -0.05) is 30.3 Å². The molecule has 112 valence electrons. The lowest BCUT2D eigenvalue weighted by Gasteiger charge is -2.03. The molecular weight excluding hydrogens is 301 g/mol. The van der Waals surface area contributed by atoms with Gasteiger partial charge in [0.2, 0.25) is 0 Å². The van der Waals surface area contributed by atoms with Crippen molar-refractivity contribution in [1.29, 1.82) is 0 Å². The Labute approximate surface area is 120 Å². The highest BCUT2D eigenvalue weighted by Gasteiger charge is 2.37. The van der Waals surface area contributed by atoms with E-state index < -0.39 is 29.4 Å². The van der Waals surface area contributed by atoms with Crippen LogP contribution in [0.3, 0.4) is 0 Å². The fourth-order valence-corrected chi connectivity index (χ4v) is 1.90. The van der Waals surface area contributed by atoms with Crippen LogP contribution in [0.2, 0.25) is 0 Å². The van der Waals surface area contributed by atoms with Crippen LogP contribution >= 0.6 is 0 Å². The molecular formula is C13H7F3N4O2. The Morgan fingerprint density at radius 2 is 1.82 bits per heavy atom. The molecule has 22 heavy (non-hydrogen) atoms. The average Bonchev–Trinajstić information content (AvgIpc) is 2.91.